The Morgan fingerprint density at radius 2 is 1.78 bits per heavy atom. The monoisotopic (exact) mass is 367 g/mol. The van der Waals surface area contributed by atoms with Crippen LogP contribution in [0.2, 0.25) is 0 Å². The first-order valence-electron chi connectivity index (χ1n) is 9.13. The maximum absolute atomic E-state index is 12.8. The van der Waals surface area contributed by atoms with Crippen molar-refractivity contribution >= 4 is 11.7 Å². The van der Waals surface area contributed by atoms with E-state index in [1.165, 1.54) is 6.20 Å². The van der Waals surface area contributed by atoms with Crippen molar-refractivity contribution in [2.45, 2.75) is 19.8 Å². The SMILES string of the molecule is Cc1cnc(C(=O)N2CCC(C(=O)c3ccc4c(c3)OCCO4)CC2)cn1. The minimum Gasteiger partial charge on any atom is -0.486 e. The second-order valence-electron chi connectivity index (χ2n) is 6.83. The van der Waals surface area contributed by atoms with Gasteiger partial charge in [-0.25, -0.2) is 4.98 Å². The van der Waals surface area contributed by atoms with E-state index in [1.807, 2.05) is 6.92 Å². The maximum atomic E-state index is 12.8. The molecule has 1 fully saturated rings. The molecule has 2 aliphatic rings. The summed E-state index contributed by atoms with van der Waals surface area (Å²) in [5, 5.41) is 0. The molecule has 0 unspecified atom stereocenters. The van der Waals surface area contributed by atoms with Crippen molar-refractivity contribution in [2.75, 3.05) is 26.3 Å². The van der Waals surface area contributed by atoms with Gasteiger partial charge < -0.3 is 14.4 Å². The maximum Gasteiger partial charge on any atom is 0.274 e. The van der Waals surface area contributed by atoms with Crippen LogP contribution in [0.1, 0.15) is 39.4 Å². The van der Waals surface area contributed by atoms with Gasteiger partial charge >= 0.3 is 0 Å². The Morgan fingerprint density at radius 1 is 1.04 bits per heavy atom. The lowest BCUT2D eigenvalue weighted by molar-refractivity contribution is 0.0645. The van der Waals surface area contributed by atoms with Gasteiger partial charge in [-0.2, -0.15) is 0 Å². The first kappa shape index (κ1) is 17.5. The molecular weight excluding hydrogens is 346 g/mol. The Hall–Kier alpha value is -2.96. The highest BCUT2D eigenvalue weighted by Gasteiger charge is 2.29. The lowest BCUT2D eigenvalue weighted by atomic mass is 9.88. The molecular formula is C20H21N3O4. The molecule has 0 saturated carbocycles. The standard InChI is InChI=1S/C20H21N3O4/c1-13-11-22-16(12-21-13)20(25)23-6-4-14(5-7-23)19(24)15-2-3-17-18(10-15)27-9-8-26-17/h2-3,10-12,14H,4-9H2,1H3. The number of benzene rings is 1. The Morgan fingerprint density at radius 3 is 2.48 bits per heavy atom. The molecule has 7 heteroatoms. The quantitative estimate of drug-likeness (QED) is 0.774. The number of nitrogens with zero attached hydrogens (tertiary/aromatic N) is 3. The van der Waals surface area contributed by atoms with E-state index < -0.39 is 0 Å². The minimum atomic E-state index is -0.132. The Balaban J connectivity index is 1.39. The lowest BCUT2D eigenvalue weighted by Gasteiger charge is -2.31. The molecule has 2 aliphatic heterocycles. The molecule has 7 nitrogen and oxygen atoms in total. The molecule has 0 N–H and O–H groups in total. The van der Waals surface area contributed by atoms with Crippen molar-refractivity contribution in [1.82, 2.24) is 14.9 Å². The zero-order valence-corrected chi connectivity index (χ0v) is 15.2. The van der Waals surface area contributed by atoms with Gasteiger partial charge in [0.25, 0.3) is 5.91 Å². The molecule has 1 aromatic heterocycles. The fourth-order valence-corrected chi connectivity index (χ4v) is 3.44. The summed E-state index contributed by atoms with van der Waals surface area (Å²) in [6, 6.07) is 5.34. The Kier molecular flexibility index (Phi) is 4.75. The van der Waals surface area contributed by atoms with Gasteiger partial charge in [0.1, 0.15) is 18.9 Å². The van der Waals surface area contributed by atoms with Crippen LogP contribution in [0.15, 0.2) is 30.6 Å². The van der Waals surface area contributed by atoms with Crippen molar-refractivity contribution in [3.8, 4) is 11.5 Å². The normalized spacial score (nSPS) is 16.9. The van der Waals surface area contributed by atoms with Gasteiger partial charge in [-0.05, 0) is 38.0 Å². The smallest absolute Gasteiger partial charge is 0.274 e. The number of piperidine rings is 1. The van der Waals surface area contributed by atoms with Crippen molar-refractivity contribution in [3.05, 3.63) is 47.5 Å². The number of ether oxygens (including phenoxy) is 2. The van der Waals surface area contributed by atoms with Crippen molar-refractivity contribution in [1.29, 1.82) is 0 Å². The lowest BCUT2D eigenvalue weighted by Crippen LogP contribution is -2.40. The number of hydrogen-bond acceptors (Lipinski definition) is 6. The van der Waals surface area contributed by atoms with E-state index in [4.69, 9.17) is 9.47 Å². The minimum absolute atomic E-state index is 0.0919. The first-order chi connectivity index (χ1) is 13.1. The number of amides is 1. The van der Waals surface area contributed by atoms with E-state index in [0.717, 1.165) is 5.69 Å². The number of aryl methyl sites for hydroxylation is 1. The fraction of sp³-hybridized carbons (Fsp3) is 0.400. The van der Waals surface area contributed by atoms with E-state index in [0.29, 0.717) is 61.9 Å². The van der Waals surface area contributed by atoms with Crippen LogP contribution in [0.3, 0.4) is 0 Å². The average Bonchev–Trinajstić information content (AvgIpc) is 2.73. The van der Waals surface area contributed by atoms with E-state index >= 15 is 0 Å². The van der Waals surface area contributed by atoms with Gasteiger partial charge in [-0.3, -0.25) is 14.6 Å². The molecule has 27 heavy (non-hydrogen) atoms. The van der Waals surface area contributed by atoms with Gasteiger partial charge in [0.2, 0.25) is 0 Å². The first-order valence-corrected chi connectivity index (χ1v) is 9.13. The molecule has 0 atom stereocenters. The molecule has 1 saturated heterocycles. The van der Waals surface area contributed by atoms with Gasteiger partial charge in [0, 0.05) is 30.8 Å². The summed E-state index contributed by atoms with van der Waals surface area (Å²) in [6.45, 7) is 3.92. The molecule has 0 bridgehead atoms. The highest BCUT2D eigenvalue weighted by molar-refractivity contribution is 5.99. The molecule has 2 aromatic rings. The predicted molar refractivity (Wildman–Crippen MR) is 97.2 cm³/mol. The number of aromatic nitrogens is 2. The number of ketones is 1. The molecule has 0 aliphatic carbocycles. The third-order valence-electron chi connectivity index (χ3n) is 4.98. The Labute approximate surface area is 157 Å². The van der Waals surface area contributed by atoms with Gasteiger partial charge in [-0.15, -0.1) is 0 Å². The number of fused-ring (bicyclic) bond motifs is 1. The number of likely N-dealkylation sites (tertiary alicyclic amines) is 1. The van der Waals surface area contributed by atoms with Gasteiger partial charge in [0.15, 0.2) is 17.3 Å². The molecule has 0 radical (unpaired) electrons. The number of carbonyl (C=O) groups excluding carboxylic acids is 2. The van der Waals surface area contributed by atoms with Crippen molar-refractivity contribution < 1.29 is 19.1 Å². The fourth-order valence-electron chi connectivity index (χ4n) is 3.44. The summed E-state index contributed by atoms with van der Waals surface area (Å²) in [5.74, 6) is 1.16. The second kappa shape index (κ2) is 7.34. The molecule has 1 amide bonds. The summed E-state index contributed by atoms with van der Waals surface area (Å²) >= 11 is 0. The number of hydrogen-bond donors (Lipinski definition) is 0. The number of Topliss-reactive ketones (excluding diaryl/α,β-unsaturated/α-hetero) is 1. The molecule has 3 heterocycles. The third-order valence-corrected chi connectivity index (χ3v) is 4.98. The average molecular weight is 367 g/mol. The van der Waals surface area contributed by atoms with Crippen molar-refractivity contribution in [3.63, 3.8) is 0 Å². The third kappa shape index (κ3) is 3.63. The molecule has 0 spiro atoms. The number of carbonyl (C=O) groups is 2. The van der Waals surface area contributed by atoms with Crippen LogP contribution in [0.25, 0.3) is 0 Å². The van der Waals surface area contributed by atoms with Crippen LogP contribution in [-0.2, 0) is 0 Å². The largest absolute Gasteiger partial charge is 0.486 e. The summed E-state index contributed by atoms with van der Waals surface area (Å²) in [7, 11) is 0. The van der Waals surface area contributed by atoms with E-state index in [-0.39, 0.29) is 17.6 Å². The summed E-state index contributed by atoms with van der Waals surface area (Å²) < 4.78 is 11.1. The zero-order chi connectivity index (χ0) is 18.8. The van der Waals surface area contributed by atoms with Crippen LogP contribution in [0.5, 0.6) is 11.5 Å². The van der Waals surface area contributed by atoms with E-state index in [2.05, 4.69) is 9.97 Å². The van der Waals surface area contributed by atoms with Gasteiger partial charge in [0.05, 0.1) is 11.9 Å². The second-order valence-corrected chi connectivity index (χ2v) is 6.83. The zero-order valence-electron chi connectivity index (χ0n) is 15.2. The van der Waals surface area contributed by atoms with E-state index in [9.17, 15) is 9.59 Å². The number of rotatable bonds is 3. The summed E-state index contributed by atoms with van der Waals surface area (Å²) in [4.78, 5) is 35.4. The summed E-state index contributed by atoms with van der Waals surface area (Å²) in [6.07, 6.45) is 4.37. The highest BCUT2D eigenvalue weighted by atomic mass is 16.6. The highest BCUT2D eigenvalue weighted by Crippen LogP contribution is 2.32. The van der Waals surface area contributed by atoms with Crippen molar-refractivity contribution in [2.24, 2.45) is 5.92 Å². The van der Waals surface area contributed by atoms with Crippen LogP contribution in [0, 0.1) is 12.8 Å². The van der Waals surface area contributed by atoms with Gasteiger partial charge in [-0.1, -0.05) is 0 Å². The molecule has 140 valence electrons. The topological polar surface area (TPSA) is 81.6 Å². The molecule has 1 aromatic carbocycles. The molecule has 4 rings (SSSR count). The Bertz CT molecular complexity index is 858. The predicted octanol–water partition coefficient (Wildman–Crippen LogP) is 2.29. The van der Waals surface area contributed by atoms with E-state index in [1.54, 1.807) is 29.3 Å². The summed E-state index contributed by atoms with van der Waals surface area (Å²) in [5.41, 5.74) is 1.75. The van der Waals surface area contributed by atoms with Crippen LogP contribution in [0.4, 0.5) is 0 Å². The van der Waals surface area contributed by atoms with Crippen LogP contribution < -0.4 is 9.47 Å². The van der Waals surface area contributed by atoms with Crippen LogP contribution in [-0.4, -0.2) is 52.9 Å². The van der Waals surface area contributed by atoms with Crippen LogP contribution >= 0.6 is 0 Å².